The summed E-state index contributed by atoms with van der Waals surface area (Å²) in [5.74, 6) is 0. The normalized spacial score (nSPS) is 12.4. The van der Waals surface area contributed by atoms with Crippen molar-refractivity contribution >= 4 is 16.4 Å². The average molecular weight is 253 g/mol. The molecule has 3 aromatic heterocycles. The van der Waals surface area contributed by atoms with Gasteiger partial charge in [-0.25, -0.2) is 5.10 Å². The molecule has 0 aromatic carbocycles. The average Bonchev–Trinajstić information content (AvgIpc) is 2.68. The van der Waals surface area contributed by atoms with Gasteiger partial charge in [-0.2, -0.15) is 18.3 Å². The maximum Gasteiger partial charge on any atom is 0.437 e. The van der Waals surface area contributed by atoms with Gasteiger partial charge >= 0.3 is 6.18 Å². The van der Waals surface area contributed by atoms with Crippen LogP contribution in [0.4, 0.5) is 13.2 Å². The fourth-order valence-corrected chi connectivity index (χ4v) is 1.96. The second kappa shape index (κ2) is 3.34. The SMILES string of the molecule is O=c1[nH]nc(C(F)(F)F)c2c1cc1ccccn12. The third-order valence-electron chi connectivity index (χ3n) is 2.69. The zero-order valence-corrected chi connectivity index (χ0v) is 8.82. The highest BCUT2D eigenvalue weighted by atomic mass is 19.4. The molecule has 3 heterocycles. The molecular formula is C11H6F3N3O. The number of halogens is 3. The second-order valence-electron chi connectivity index (χ2n) is 3.80. The number of hydrogen-bond donors (Lipinski definition) is 1. The molecule has 1 N–H and O–H groups in total. The fourth-order valence-electron chi connectivity index (χ4n) is 1.96. The van der Waals surface area contributed by atoms with E-state index in [1.54, 1.807) is 18.2 Å². The van der Waals surface area contributed by atoms with Crippen molar-refractivity contribution in [2.75, 3.05) is 0 Å². The molecule has 18 heavy (non-hydrogen) atoms. The number of pyridine rings is 1. The van der Waals surface area contributed by atoms with Crippen LogP contribution >= 0.6 is 0 Å². The van der Waals surface area contributed by atoms with Crippen molar-refractivity contribution in [3.05, 3.63) is 46.5 Å². The Morgan fingerprint density at radius 3 is 2.78 bits per heavy atom. The van der Waals surface area contributed by atoms with Gasteiger partial charge in [-0.1, -0.05) is 6.07 Å². The molecule has 0 aliphatic carbocycles. The van der Waals surface area contributed by atoms with Crippen molar-refractivity contribution in [1.29, 1.82) is 0 Å². The Morgan fingerprint density at radius 2 is 2.06 bits per heavy atom. The number of rotatable bonds is 0. The predicted molar refractivity (Wildman–Crippen MR) is 58.3 cm³/mol. The van der Waals surface area contributed by atoms with E-state index in [4.69, 9.17) is 0 Å². The molecule has 0 aliphatic rings. The highest BCUT2D eigenvalue weighted by molar-refractivity contribution is 5.88. The van der Waals surface area contributed by atoms with Gasteiger partial charge in [0.05, 0.1) is 10.9 Å². The van der Waals surface area contributed by atoms with Crippen LogP contribution in [0.1, 0.15) is 5.69 Å². The zero-order valence-electron chi connectivity index (χ0n) is 8.82. The van der Waals surface area contributed by atoms with E-state index in [2.05, 4.69) is 5.10 Å². The number of hydrogen-bond acceptors (Lipinski definition) is 2. The van der Waals surface area contributed by atoms with Crippen molar-refractivity contribution in [3.63, 3.8) is 0 Å². The molecule has 0 spiro atoms. The number of H-pyrrole nitrogens is 1. The van der Waals surface area contributed by atoms with E-state index in [1.807, 2.05) is 5.10 Å². The first-order valence-corrected chi connectivity index (χ1v) is 5.04. The Morgan fingerprint density at radius 1 is 1.28 bits per heavy atom. The summed E-state index contributed by atoms with van der Waals surface area (Å²) in [7, 11) is 0. The summed E-state index contributed by atoms with van der Waals surface area (Å²) in [6, 6.07) is 6.31. The Kier molecular flexibility index (Phi) is 2.01. The molecule has 3 rings (SSSR count). The predicted octanol–water partition coefficient (Wildman–Crippen LogP) is 2.19. The lowest BCUT2D eigenvalue weighted by molar-refractivity contribution is -0.140. The van der Waals surface area contributed by atoms with Gasteiger partial charge in [-0.3, -0.25) is 4.79 Å². The maximum atomic E-state index is 12.9. The van der Waals surface area contributed by atoms with Crippen LogP contribution < -0.4 is 5.56 Å². The molecule has 0 fully saturated rings. The molecule has 3 aromatic rings. The van der Waals surface area contributed by atoms with E-state index in [-0.39, 0.29) is 10.9 Å². The number of fused-ring (bicyclic) bond motifs is 3. The lowest BCUT2D eigenvalue weighted by Gasteiger charge is -2.07. The highest BCUT2D eigenvalue weighted by Crippen LogP contribution is 2.32. The molecular weight excluding hydrogens is 247 g/mol. The smallest absolute Gasteiger partial charge is 0.314 e. The van der Waals surface area contributed by atoms with Crippen LogP contribution in [0.25, 0.3) is 16.4 Å². The molecule has 0 atom stereocenters. The van der Waals surface area contributed by atoms with Gasteiger partial charge in [0.15, 0.2) is 5.69 Å². The van der Waals surface area contributed by atoms with E-state index in [0.29, 0.717) is 5.52 Å². The largest absolute Gasteiger partial charge is 0.437 e. The third kappa shape index (κ3) is 1.40. The van der Waals surface area contributed by atoms with Crippen LogP contribution in [-0.2, 0) is 6.18 Å². The Balaban J connectivity index is 2.60. The topological polar surface area (TPSA) is 50.2 Å². The summed E-state index contributed by atoms with van der Waals surface area (Å²) in [4.78, 5) is 11.5. The van der Waals surface area contributed by atoms with E-state index < -0.39 is 17.4 Å². The van der Waals surface area contributed by atoms with Crippen LogP contribution in [0.2, 0.25) is 0 Å². The summed E-state index contributed by atoms with van der Waals surface area (Å²) in [5, 5.41) is 4.96. The molecule has 0 unspecified atom stereocenters. The summed E-state index contributed by atoms with van der Waals surface area (Å²) < 4.78 is 39.9. The van der Waals surface area contributed by atoms with Crippen molar-refractivity contribution in [3.8, 4) is 0 Å². The van der Waals surface area contributed by atoms with Gasteiger partial charge in [0.25, 0.3) is 5.56 Å². The van der Waals surface area contributed by atoms with Crippen molar-refractivity contribution < 1.29 is 13.2 Å². The standard InChI is InChI=1S/C11H6F3N3O/c12-11(13,14)9-8-7(10(18)16-15-9)5-6-3-1-2-4-17(6)8/h1-5H,(H,16,18). The number of nitrogens with one attached hydrogen (secondary N) is 1. The first-order valence-electron chi connectivity index (χ1n) is 5.04. The molecule has 4 nitrogen and oxygen atoms in total. The number of aromatic amines is 1. The molecule has 7 heteroatoms. The Bertz CT molecular complexity index is 800. The molecule has 0 saturated carbocycles. The van der Waals surface area contributed by atoms with Crippen LogP contribution in [0.5, 0.6) is 0 Å². The van der Waals surface area contributed by atoms with Crippen LogP contribution in [0.3, 0.4) is 0 Å². The summed E-state index contributed by atoms with van der Waals surface area (Å²) in [6.45, 7) is 0. The minimum atomic E-state index is -4.62. The molecule has 0 bridgehead atoms. The van der Waals surface area contributed by atoms with Crippen molar-refractivity contribution in [1.82, 2.24) is 14.6 Å². The van der Waals surface area contributed by atoms with Gasteiger partial charge in [0.1, 0.15) is 0 Å². The number of alkyl halides is 3. The highest BCUT2D eigenvalue weighted by Gasteiger charge is 2.36. The quantitative estimate of drug-likeness (QED) is 0.667. The van der Waals surface area contributed by atoms with Crippen LogP contribution in [0, 0.1) is 0 Å². The Labute approximate surface area is 97.7 Å². The lowest BCUT2D eigenvalue weighted by atomic mass is 10.3. The van der Waals surface area contributed by atoms with Crippen molar-refractivity contribution in [2.24, 2.45) is 0 Å². The summed E-state index contributed by atoms with van der Waals surface area (Å²) in [5.41, 5.74) is -1.44. The van der Waals surface area contributed by atoms with Crippen LogP contribution in [-0.4, -0.2) is 14.6 Å². The van der Waals surface area contributed by atoms with Crippen molar-refractivity contribution in [2.45, 2.75) is 6.18 Å². The summed E-state index contributed by atoms with van der Waals surface area (Å²) in [6.07, 6.45) is -3.15. The number of nitrogens with zero attached hydrogens (tertiary/aromatic N) is 2. The summed E-state index contributed by atoms with van der Waals surface area (Å²) >= 11 is 0. The minimum absolute atomic E-state index is 0.0245. The third-order valence-corrected chi connectivity index (χ3v) is 2.69. The minimum Gasteiger partial charge on any atom is -0.314 e. The second-order valence-corrected chi connectivity index (χ2v) is 3.80. The number of aromatic nitrogens is 3. The van der Waals surface area contributed by atoms with Gasteiger partial charge in [-0.15, -0.1) is 0 Å². The van der Waals surface area contributed by atoms with E-state index in [1.165, 1.54) is 16.7 Å². The first-order chi connectivity index (χ1) is 8.48. The molecule has 0 radical (unpaired) electrons. The maximum absolute atomic E-state index is 12.9. The zero-order chi connectivity index (χ0) is 12.9. The molecule has 0 amide bonds. The molecule has 0 saturated heterocycles. The first kappa shape index (κ1) is 10.8. The van der Waals surface area contributed by atoms with Crippen LogP contribution in [0.15, 0.2) is 35.3 Å². The lowest BCUT2D eigenvalue weighted by Crippen LogP contribution is -2.17. The van der Waals surface area contributed by atoms with E-state index in [9.17, 15) is 18.0 Å². The van der Waals surface area contributed by atoms with E-state index in [0.717, 1.165) is 0 Å². The molecule has 92 valence electrons. The Hall–Kier alpha value is -2.31. The molecule has 0 aliphatic heterocycles. The van der Waals surface area contributed by atoms with Gasteiger partial charge in [0.2, 0.25) is 0 Å². The van der Waals surface area contributed by atoms with Gasteiger partial charge < -0.3 is 4.40 Å². The van der Waals surface area contributed by atoms with Gasteiger partial charge in [0, 0.05) is 11.7 Å². The fraction of sp³-hybridized carbons (Fsp3) is 0.0909. The monoisotopic (exact) mass is 253 g/mol. The van der Waals surface area contributed by atoms with E-state index >= 15 is 0 Å². The van der Waals surface area contributed by atoms with Gasteiger partial charge in [-0.05, 0) is 18.2 Å².